The number of carbonyl (C=O) groups is 2. The van der Waals surface area contributed by atoms with Gasteiger partial charge in [0.2, 0.25) is 11.8 Å². The van der Waals surface area contributed by atoms with Crippen molar-refractivity contribution in [2.24, 2.45) is 0 Å². The van der Waals surface area contributed by atoms with Crippen LogP contribution in [-0.4, -0.2) is 48.9 Å². The number of rotatable bonds is 3. The Labute approximate surface area is 108 Å². The average molecular weight is 262 g/mol. The van der Waals surface area contributed by atoms with Crippen LogP contribution < -0.4 is 10.6 Å². The second-order valence-corrected chi connectivity index (χ2v) is 4.45. The van der Waals surface area contributed by atoms with Gasteiger partial charge in [-0.1, -0.05) is 0 Å². The van der Waals surface area contributed by atoms with E-state index < -0.39 is 0 Å². The van der Waals surface area contributed by atoms with E-state index in [1.807, 2.05) is 4.90 Å². The molecule has 0 bridgehead atoms. The van der Waals surface area contributed by atoms with E-state index in [4.69, 9.17) is 0 Å². The number of nitrogens with zero attached hydrogens (tertiary/aromatic N) is 1. The molecule has 0 aromatic carbocycles. The summed E-state index contributed by atoms with van der Waals surface area (Å²) >= 11 is 0. The Morgan fingerprint density at radius 1 is 1.24 bits per heavy atom. The minimum absolute atomic E-state index is 0. The molecule has 0 radical (unpaired) electrons. The number of carbonyl (C=O) groups excluding carboxylic acids is 2. The molecule has 0 aromatic rings. The molecule has 1 atom stereocenters. The van der Waals surface area contributed by atoms with E-state index in [-0.39, 0.29) is 36.8 Å². The lowest BCUT2D eigenvalue weighted by atomic mass is 10.2. The van der Waals surface area contributed by atoms with Gasteiger partial charge in [0.15, 0.2) is 0 Å². The van der Waals surface area contributed by atoms with Crippen molar-refractivity contribution in [1.29, 1.82) is 0 Å². The highest BCUT2D eigenvalue weighted by molar-refractivity contribution is 5.87. The SMILES string of the molecule is Cl.O=C(NCC(=O)N1CCCC1)[C@@H]1CCCN1. The van der Waals surface area contributed by atoms with Crippen molar-refractivity contribution in [3.8, 4) is 0 Å². The Balaban J connectivity index is 0.00000144. The molecule has 2 aliphatic heterocycles. The molecule has 0 saturated carbocycles. The quantitative estimate of drug-likeness (QED) is 0.746. The molecule has 5 nitrogen and oxygen atoms in total. The van der Waals surface area contributed by atoms with Crippen LogP contribution in [-0.2, 0) is 9.59 Å². The molecule has 6 heteroatoms. The fourth-order valence-electron chi connectivity index (χ4n) is 2.27. The van der Waals surface area contributed by atoms with Crippen LogP contribution in [0.5, 0.6) is 0 Å². The Hall–Kier alpha value is -0.810. The summed E-state index contributed by atoms with van der Waals surface area (Å²) < 4.78 is 0. The van der Waals surface area contributed by atoms with Crippen LogP contribution in [0.25, 0.3) is 0 Å². The maximum atomic E-state index is 11.7. The van der Waals surface area contributed by atoms with E-state index in [1.165, 1.54) is 0 Å². The first-order valence-electron chi connectivity index (χ1n) is 6.06. The molecule has 2 heterocycles. The van der Waals surface area contributed by atoms with Gasteiger partial charge in [0.25, 0.3) is 0 Å². The minimum atomic E-state index is -0.0913. The van der Waals surface area contributed by atoms with Gasteiger partial charge < -0.3 is 15.5 Å². The molecule has 2 aliphatic rings. The van der Waals surface area contributed by atoms with E-state index in [9.17, 15) is 9.59 Å². The van der Waals surface area contributed by atoms with E-state index in [0.29, 0.717) is 0 Å². The van der Waals surface area contributed by atoms with Crippen molar-refractivity contribution in [2.45, 2.75) is 31.7 Å². The van der Waals surface area contributed by atoms with Crippen molar-refractivity contribution in [2.75, 3.05) is 26.2 Å². The molecule has 2 N–H and O–H groups in total. The number of nitrogens with one attached hydrogen (secondary N) is 2. The molecule has 0 aromatic heterocycles. The van der Waals surface area contributed by atoms with Gasteiger partial charge in [0, 0.05) is 13.1 Å². The zero-order chi connectivity index (χ0) is 11.4. The van der Waals surface area contributed by atoms with Crippen LogP contribution in [0.4, 0.5) is 0 Å². The Kier molecular flexibility index (Phi) is 5.71. The van der Waals surface area contributed by atoms with Crippen molar-refractivity contribution >= 4 is 24.2 Å². The summed E-state index contributed by atoms with van der Waals surface area (Å²) in [5.41, 5.74) is 0. The third-order valence-electron chi connectivity index (χ3n) is 3.25. The molecule has 98 valence electrons. The second-order valence-electron chi connectivity index (χ2n) is 4.45. The van der Waals surface area contributed by atoms with Gasteiger partial charge >= 0.3 is 0 Å². The van der Waals surface area contributed by atoms with E-state index in [1.54, 1.807) is 0 Å². The first-order chi connectivity index (χ1) is 7.77. The van der Waals surface area contributed by atoms with Crippen molar-refractivity contribution in [1.82, 2.24) is 15.5 Å². The molecular weight excluding hydrogens is 242 g/mol. The summed E-state index contributed by atoms with van der Waals surface area (Å²) in [7, 11) is 0. The summed E-state index contributed by atoms with van der Waals surface area (Å²) in [5, 5.41) is 5.82. The summed E-state index contributed by atoms with van der Waals surface area (Å²) in [6.45, 7) is 2.74. The number of likely N-dealkylation sites (tertiary alicyclic amines) is 1. The summed E-state index contributed by atoms with van der Waals surface area (Å²) in [6, 6.07) is -0.0913. The highest BCUT2D eigenvalue weighted by Gasteiger charge is 2.23. The Bertz CT molecular complexity index is 246. The number of halogens is 1. The molecule has 2 rings (SSSR count). The topological polar surface area (TPSA) is 61.4 Å². The van der Waals surface area contributed by atoms with Gasteiger partial charge in [-0.05, 0) is 32.2 Å². The highest BCUT2D eigenvalue weighted by Crippen LogP contribution is 2.07. The summed E-state index contributed by atoms with van der Waals surface area (Å²) in [4.78, 5) is 25.1. The fraction of sp³-hybridized carbons (Fsp3) is 0.818. The summed E-state index contributed by atoms with van der Waals surface area (Å²) in [5.74, 6) is 0.00824. The van der Waals surface area contributed by atoms with Gasteiger partial charge in [0.1, 0.15) is 0 Å². The number of hydrogen-bond donors (Lipinski definition) is 2. The normalized spacial score (nSPS) is 23.3. The van der Waals surface area contributed by atoms with Crippen molar-refractivity contribution < 1.29 is 9.59 Å². The van der Waals surface area contributed by atoms with Gasteiger partial charge in [0.05, 0.1) is 12.6 Å². The Morgan fingerprint density at radius 2 is 1.94 bits per heavy atom. The van der Waals surface area contributed by atoms with Crippen LogP contribution in [0, 0.1) is 0 Å². The maximum absolute atomic E-state index is 11.7. The van der Waals surface area contributed by atoms with E-state index >= 15 is 0 Å². The van der Waals surface area contributed by atoms with E-state index in [0.717, 1.165) is 45.3 Å². The van der Waals surface area contributed by atoms with Crippen LogP contribution in [0.3, 0.4) is 0 Å². The molecule has 2 saturated heterocycles. The lowest BCUT2D eigenvalue weighted by Crippen LogP contribution is -2.45. The largest absolute Gasteiger partial charge is 0.346 e. The fourth-order valence-corrected chi connectivity index (χ4v) is 2.27. The third-order valence-corrected chi connectivity index (χ3v) is 3.25. The monoisotopic (exact) mass is 261 g/mol. The van der Waals surface area contributed by atoms with Gasteiger partial charge in [-0.25, -0.2) is 0 Å². The standard InChI is InChI=1S/C11H19N3O2.ClH/c15-10(14-6-1-2-7-14)8-13-11(16)9-4-3-5-12-9;/h9,12H,1-8H2,(H,13,16);1H/t9-;/m0./s1. The molecule has 17 heavy (non-hydrogen) atoms. The predicted octanol–water partition coefficient (Wildman–Crippen LogP) is -0.101. The minimum Gasteiger partial charge on any atom is -0.346 e. The summed E-state index contributed by atoms with van der Waals surface area (Å²) in [6.07, 6.45) is 4.09. The average Bonchev–Trinajstić information content (AvgIpc) is 2.95. The lowest BCUT2D eigenvalue weighted by molar-refractivity contribution is -0.132. The molecule has 0 aliphatic carbocycles. The van der Waals surface area contributed by atoms with Crippen LogP contribution in [0.2, 0.25) is 0 Å². The molecule has 2 amide bonds. The van der Waals surface area contributed by atoms with Crippen LogP contribution >= 0.6 is 12.4 Å². The zero-order valence-electron chi connectivity index (χ0n) is 9.91. The first kappa shape index (κ1) is 14.3. The van der Waals surface area contributed by atoms with E-state index in [2.05, 4.69) is 10.6 Å². The van der Waals surface area contributed by atoms with Gasteiger partial charge in [-0.3, -0.25) is 9.59 Å². The smallest absolute Gasteiger partial charge is 0.241 e. The lowest BCUT2D eigenvalue weighted by Gasteiger charge is -2.16. The van der Waals surface area contributed by atoms with Gasteiger partial charge in [-0.15, -0.1) is 12.4 Å². The molecule has 2 fully saturated rings. The molecule has 0 spiro atoms. The van der Waals surface area contributed by atoms with Crippen LogP contribution in [0.15, 0.2) is 0 Å². The third kappa shape index (κ3) is 3.85. The molecule has 0 unspecified atom stereocenters. The van der Waals surface area contributed by atoms with Gasteiger partial charge in [-0.2, -0.15) is 0 Å². The van der Waals surface area contributed by atoms with Crippen molar-refractivity contribution in [3.63, 3.8) is 0 Å². The highest BCUT2D eigenvalue weighted by atomic mass is 35.5. The zero-order valence-corrected chi connectivity index (χ0v) is 10.7. The maximum Gasteiger partial charge on any atom is 0.241 e. The number of hydrogen-bond acceptors (Lipinski definition) is 3. The molecular formula is C11H20ClN3O2. The van der Waals surface area contributed by atoms with Crippen molar-refractivity contribution in [3.05, 3.63) is 0 Å². The first-order valence-corrected chi connectivity index (χ1v) is 6.06. The Morgan fingerprint density at radius 3 is 2.53 bits per heavy atom. The van der Waals surface area contributed by atoms with Crippen LogP contribution in [0.1, 0.15) is 25.7 Å². The second kappa shape index (κ2) is 6.81. The number of amides is 2. The predicted molar refractivity (Wildman–Crippen MR) is 67.1 cm³/mol.